The van der Waals surface area contributed by atoms with E-state index in [1.54, 1.807) is 7.11 Å². The Morgan fingerprint density at radius 1 is 1.07 bits per heavy atom. The first-order valence-corrected chi connectivity index (χ1v) is 9.74. The van der Waals surface area contributed by atoms with Crippen LogP contribution in [0.3, 0.4) is 0 Å². The van der Waals surface area contributed by atoms with Crippen LogP contribution in [0.5, 0.6) is 17.2 Å². The predicted molar refractivity (Wildman–Crippen MR) is 111 cm³/mol. The van der Waals surface area contributed by atoms with Crippen LogP contribution < -0.4 is 24.8 Å². The Bertz CT molecular complexity index is 821. The summed E-state index contributed by atoms with van der Waals surface area (Å²) in [6.07, 6.45) is 0.902. The van der Waals surface area contributed by atoms with Crippen LogP contribution >= 0.6 is 0 Å². The average molecular weight is 383 g/mol. The molecule has 0 aromatic heterocycles. The van der Waals surface area contributed by atoms with E-state index in [2.05, 4.69) is 36.6 Å². The van der Waals surface area contributed by atoms with Gasteiger partial charge < -0.3 is 24.8 Å². The molecule has 0 unspecified atom stereocenters. The van der Waals surface area contributed by atoms with Gasteiger partial charge in [-0.15, -0.1) is 0 Å². The lowest BCUT2D eigenvalue weighted by molar-refractivity contribution is 0.297. The highest BCUT2D eigenvalue weighted by molar-refractivity contribution is 5.79. The van der Waals surface area contributed by atoms with Gasteiger partial charge in [0.2, 0.25) is 0 Å². The molecule has 0 bridgehead atoms. The first-order chi connectivity index (χ1) is 13.7. The molecular formula is C22H29N3O3. The third-order valence-corrected chi connectivity index (χ3v) is 4.46. The van der Waals surface area contributed by atoms with E-state index in [9.17, 15) is 0 Å². The smallest absolute Gasteiger partial charge is 0.191 e. The summed E-state index contributed by atoms with van der Waals surface area (Å²) in [5.74, 6) is 3.25. The molecule has 150 valence electrons. The number of nitrogens with one attached hydrogen (secondary N) is 2. The van der Waals surface area contributed by atoms with Crippen LogP contribution in [0.1, 0.15) is 30.0 Å². The summed E-state index contributed by atoms with van der Waals surface area (Å²) < 4.78 is 16.9. The Labute approximate surface area is 166 Å². The summed E-state index contributed by atoms with van der Waals surface area (Å²) in [6, 6.07) is 12.2. The number of nitrogens with zero attached hydrogens (tertiary/aromatic N) is 1. The predicted octanol–water partition coefficient (Wildman–Crippen LogP) is 3.42. The summed E-state index contributed by atoms with van der Waals surface area (Å²) in [5.41, 5.74) is 3.35. The highest BCUT2D eigenvalue weighted by Crippen LogP contribution is 2.30. The number of guanidine groups is 1. The first-order valence-electron chi connectivity index (χ1n) is 9.74. The topological polar surface area (TPSA) is 64.1 Å². The van der Waals surface area contributed by atoms with E-state index >= 15 is 0 Å². The normalized spacial score (nSPS) is 13.6. The number of rotatable bonds is 6. The molecule has 0 atom stereocenters. The number of hydrogen-bond donors (Lipinski definition) is 2. The minimum absolute atomic E-state index is 0.553. The number of benzene rings is 2. The van der Waals surface area contributed by atoms with E-state index in [0.717, 1.165) is 47.3 Å². The molecule has 2 aromatic rings. The van der Waals surface area contributed by atoms with Gasteiger partial charge in [-0.05, 0) is 43.2 Å². The number of aliphatic imine (C=N–C) groups is 1. The van der Waals surface area contributed by atoms with Gasteiger partial charge in [0.25, 0.3) is 0 Å². The zero-order valence-electron chi connectivity index (χ0n) is 16.9. The number of aryl methyl sites for hydroxylation is 1. The van der Waals surface area contributed by atoms with Crippen molar-refractivity contribution in [3.63, 3.8) is 0 Å². The van der Waals surface area contributed by atoms with Gasteiger partial charge >= 0.3 is 0 Å². The standard InChI is InChI=1S/C22H29N3O3/c1-4-23-22(25-15-18-8-6-16(2)12-20(18)26-3)24-14-17-7-9-19-21(13-17)28-11-5-10-27-19/h6-9,12-13H,4-5,10-11,14-15H2,1-3H3,(H2,23,24,25). The van der Waals surface area contributed by atoms with Crippen molar-refractivity contribution in [2.24, 2.45) is 4.99 Å². The zero-order chi connectivity index (χ0) is 19.8. The fourth-order valence-electron chi connectivity index (χ4n) is 2.99. The van der Waals surface area contributed by atoms with Crippen LogP contribution in [0.4, 0.5) is 0 Å². The zero-order valence-corrected chi connectivity index (χ0v) is 16.9. The van der Waals surface area contributed by atoms with Crippen LogP contribution in [0, 0.1) is 6.92 Å². The van der Waals surface area contributed by atoms with Crippen molar-refractivity contribution in [2.45, 2.75) is 33.4 Å². The number of fused-ring (bicyclic) bond motifs is 1. The van der Waals surface area contributed by atoms with Gasteiger partial charge in [-0.2, -0.15) is 0 Å². The van der Waals surface area contributed by atoms with Crippen LogP contribution in [0.15, 0.2) is 41.4 Å². The Morgan fingerprint density at radius 3 is 2.68 bits per heavy atom. The average Bonchev–Trinajstić information content (AvgIpc) is 2.95. The van der Waals surface area contributed by atoms with Gasteiger partial charge in [-0.1, -0.05) is 18.2 Å². The molecule has 0 saturated heterocycles. The Kier molecular flexibility index (Phi) is 7.00. The summed E-state index contributed by atoms with van der Waals surface area (Å²) in [7, 11) is 1.70. The van der Waals surface area contributed by atoms with Crippen molar-refractivity contribution in [3.8, 4) is 17.2 Å². The summed E-state index contributed by atoms with van der Waals surface area (Å²) in [4.78, 5) is 4.70. The van der Waals surface area contributed by atoms with Gasteiger partial charge in [0, 0.05) is 25.1 Å². The lowest BCUT2D eigenvalue weighted by Crippen LogP contribution is -2.36. The molecular weight excluding hydrogens is 354 g/mol. The Hall–Kier alpha value is -2.89. The quantitative estimate of drug-likeness (QED) is 0.591. The van der Waals surface area contributed by atoms with Crippen LogP contribution in [-0.2, 0) is 13.1 Å². The van der Waals surface area contributed by atoms with Crippen molar-refractivity contribution in [2.75, 3.05) is 26.9 Å². The van der Waals surface area contributed by atoms with E-state index in [1.165, 1.54) is 5.56 Å². The fraction of sp³-hybridized carbons (Fsp3) is 0.409. The van der Waals surface area contributed by atoms with Crippen molar-refractivity contribution in [1.82, 2.24) is 10.6 Å². The second-order valence-electron chi connectivity index (χ2n) is 6.70. The maximum absolute atomic E-state index is 5.77. The SMILES string of the molecule is CCNC(=NCc1ccc2c(c1)OCCCO2)NCc1ccc(C)cc1OC. The van der Waals surface area contributed by atoms with Crippen LogP contribution in [-0.4, -0.2) is 32.8 Å². The summed E-state index contributed by atoms with van der Waals surface area (Å²) in [5, 5.41) is 6.66. The molecule has 1 heterocycles. The van der Waals surface area contributed by atoms with Crippen LogP contribution in [0.2, 0.25) is 0 Å². The largest absolute Gasteiger partial charge is 0.496 e. The van der Waals surface area contributed by atoms with Crippen molar-refractivity contribution in [3.05, 3.63) is 53.1 Å². The third kappa shape index (κ3) is 5.31. The van der Waals surface area contributed by atoms with Crippen molar-refractivity contribution in [1.29, 1.82) is 0 Å². The molecule has 3 rings (SSSR count). The highest BCUT2D eigenvalue weighted by atomic mass is 16.5. The molecule has 0 fully saturated rings. The monoisotopic (exact) mass is 383 g/mol. The Balaban J connectivity index is 1.67. The molecule has 1 aliphatic heterocycles. The number of ether oxygens (including phenoxy) is 3. The lowest BCUT2D eigenvalue weighted by Gasteiger charge is -2.14. The fourth-order valence-corrected chi connectivity index (χ4v) is 2.99. The molecule has 0 saturated carbocycles. The molecule has 0 aliphatic carbocycles. The maximum atomic E-state index is 5.77. The third-order valence-electron chi connectivity index (χ3n) is 4.46. The van der Waals surface area contributed by atoms with E-state index in [4.69, 9.17) is 19.2 Å². The second-order valence-corrected chi connectivity index (χ2v) is 6.70. The summed E-state index contributed by atoms with van der Waals surface area (Å²) >= 11 is 0. The van der Waals surface area contributed by atoms with Crippen molar-refractivity contribution < 1.29 is 14.2 Å². The van der Waals surface area contributed by atoms with E-state index < -0.39 is 0 Å². The molecule has 28 heavy (non-hydrogen) atoms. The minimum Gasteiger partial charge on any atom is -0.496 e. The number of methoxy groups -OCH3 is 1. The van der Waals surface area contributed by atoms with Gasteiger partial charge in [-0.3, -0.25) is 0 Å². The van der Waals surface area contributed by atoms with E-state index in [1.807, 2.05) is 24.3 Å². The molecule has 2 aromatic carbocycles. The summed E-state index contributed by atoms with van der Waals surface area (Å²) in [6.45, 7) is 7.47. The minimum atomic E-state index is 0.553. The van der Waals surface area contributed by atoms with E-state index in [0.29, 0.717) is 26.3 Å². The molecule has 0 spiro atoms. The molecule has 6 heteroatoms. The molecule has 1 aliphatic rings. The van der Waals surface area contributed by atoms with Gasteiger partial charge in [0.05, 0.1) is 26.9 Å². The maximum Gasteiger partial charge on any atom is 0.191 e. The van der Waals surface area contributed by atoms with Crippen molar-refractivity contribution >= 4 is 5.96 Å². The molecule has 0 amide bonds. The molecule has 6 nitrogen and oxygen atoms in total. The molecule has 2 N–H and O–H groups in total. The lowest BCUT2D eigenvalue weighted by atomic mass is 10.1. The van der Waals surface area contributed by atoms with Gasteiger partial charge in [-0.25, -0.2) is 4.99 Å². The van der Waals surface area contributed by atoms with E-state index in [-0.39, 0.29) is 0 Å². The van der Waals surface area contributed by atoms with Crippen LogP contribution in [0.25, 0.3) is 0 Å². The first kappa shape index (κ1) is 19.9. The Morgan fingerprint density at radius 2 is 1.89 bits per heavy atom. The van der Waals surface area contributed by atoms with Gasteiger partial charge in [0.15, 0.2) is 17.5 Å². The van der Waals surface area contributed by atoms with Gasteiger partial charge in [0.1, 0.15) is 5.75 Å². The number of hydrogen-bond acceptors (Lipinski definition) is 4. The molecule has 0 radical (unpaired) electrons. The second kappa shape index (κ2) is 9.88. The highest BCUT2D eigenvalue weighted by Gasteiger charge is 2.11.